The monoisotopic (exact) mass is 288 g/mol. The Labute approximate surface area is 118 Å². The molecule has 0 bridgehead atoms. The molecule has 0 aromatic heterocycles. The van der Waals surface area contributed by atoms with Gasteiger partial charge in [0, 0.05) is 19.1 Å². The third kappa shape index (κ3) is 3.92. The number of hydrogen-bond donors (Lipinski definition) is 1. The Morgan fingerprint density at radius 3 is 2.63 bits per heavy atom. The number of rotatable bonds is 6. The molecule has 2 aliphatic rings. The van der Waals surface area contributed by atoms with Gasteiger partial charge in [0.25, 0.3) is 0 Å². The molecule has 19 heavy (non-hydrogen) atoms. The van der Waals surface area contributed by atoms with Gasteiger partial charge in [-0.1, -0.05) is 19.8 Å². The van der Waals surface area contributed by atoms with Crippen LogP contribution in [-0.4, -0.2) is 44.2 Å². The zero-order valence-electron chi connectivity index (χ0n) is 12.1. The Hall–Kier alpha value is -0.130. The van der Waals surface area contributed by atoms with Crippen LogP contribution in [0.5, 0.6) is 0 Å². The average molecular weight is 288 g/mol. The smallest absolute Gasteiger partial charge is 0.215 e. The van der Waals surface area contributed by atoms with E-state index in [-0.39, 0.29) is 5.75 Å². The molecule has 1 N–H and O–H groups in total. The molecule has 1 aliphatic carbocycles. The fourth-order valence-corrected chi connectivity index (χ4v) is 5.28. The summed E-state index contributed by atoms with van der Waals surface area (Å²) in [6, 6.07) is 0.304. The molecule has 1 aliphatic heterocycles. The zero-order chi connectivity index (χ0) is 13.7. The molecular weight excluding hydrogens is 260 g/mol. The summed E-state index contributed by atoms with van der Waals surface area (Å²) in [5.74, 6) is 0.886. The van der Waals surface area contributed by atoms with Gasteiger partial charge in [0.2, 0.25) is 10.0 Å². The van der Waals surface area contributed by atoms with E-state index in [9.17, 15) is 8.42 Å². The van der Waals surface area contributed by atoms with Crippen molar-refractivity contribution in [1.29, 1.82) is 0 Å². The third-order valence-corrected chi connectivity index (χ3v) is 6.40. The van der Waals surface area contributed by atoms with Crippen LogP contribution in [0.2, 0.25) is 0 Å². The minimum absolute atomic E-state index is 0.260. The van der Waals surface area contributed by atoms with Gasteiger partial charge in [-0.25, -0.2) is 8.42 Å². The van der Waals surface area contributed by atoms with E-state index < -0.39 is 10.0 Å². The first-order valence-electron chi connectivity index (χ1n) is 7.85. The highest BCUT2D eigenvalue weighted by Crippen LogP contribution is 2.36. The highest BCUT2D eigenvalue weighted by Gasteiger charge is 2.38. The Balaban J connectivity index is 1.93. The van der Waals surface area contributed by atoms with E-state index in [0.717, 1.165) is 32.4 Å². The number of hydrogen-bond acceptors (Lipinski definition) is 3. The molecule has 4 nitrogen and oxygen atoms in total. The molecule has 0 radical (unpaired) electrons. The van der Waals surface area contributed by atoms with Gasteiger partial charge in [0.1, 0.15) is 0 Å². The Morgan fingerprint density at radius 1 is 1.11 bits per heavy atom. The highest BCUT2D eigenvalue weighted by molar-refractivity contribution is 7.89. The normalized spacial score (nSPS) is 29.1. The summed E-state index contributed by atoms with van der Waals surface area (Å²) >= 11 is 0. The Bertz CT molecular complexity index is 368. The summed E-state index contributed by atoms with van der Waals surface area (Å²) < 4.78 is 26.8. The van der Waals surface area contributed by atoms with Gasteiger partial charge in [-0.05, 0) is 44.6 Å². The van der Waals surface area contributed by atoms with E-state index in [2.05, 4.69) is 12.2 Å². The van der Waals surface area contributed by atoms with E-state index in [1.54, 1.807) is 0 Å². The molecular formula is C14H28N2O2S. The van der Waals surface area contributed by atoms with Gasteiger partial charge in [0.05, 0.1) is 5.75 Å². The predicted octanol–water partition coefficient (Wildman–Crippen LogP) is 1.97. The van der Waals surface area contributed by atoms with Gasteiger partial charge in [-0.2, -0.15) is 4.31 Å². The first kappa shape index (κ1) is 15.3. The fraction of sp³-hybridized carbons (Fsp3) is 1.00. The first-order chi connectivity index (χ1) is 9.15. The van der Waals surface area contributed by atoms with Gasteiger partial charge < -0.3 is 5.32 Å². The lowest BCUT2D eigenvalue weighted by Gasteiger charge is -2.43. The van der Waals surface area contributed by atoms with Crippen LogP contribution in [0, 0.1) is 5.92 Å². The van der Waals surface area contributed by atoms with Crippen molar-refractivity contribution in [2.75, 3.05) is 25.4 Å². The second kappa shape index (κ2) is 7.04. The van der Waals surface area contributed by atoms with Gasteiger partial charge >= 0.3 is 0 Å². The van der Waals surface area contributed by atoms with Crippen molar-refractivity contribution in [3.63, 3.8) is 0 Å². The molecule has 2 atom stereocenters. The van der Waals surface area contributed by atoms with Crippen molar-refractivity contribution in [2.24, 2.45) is 5.92 Å². The van der Waals surface area contributed by atoms with Crippen molar-refractivity contribution < 1.29 is 8.42 Å². The van der Waals surface area contributed by atoms with Crippen LogP contribution in [0.25, 0.3) is 0 Å². The van der Waals surface area contributed by atoms with E-state index in [4.69, 9.17) is 0 Å². The van der Waals surface area contributed by atoms with Crippen molar-refractivity contribution in [1.82, 2.24) is 9.62 Å². The number of sulfonamides is 1. The van der Waals surface area contributed by atoms with Crippen LogP contribution in [0.3, 0.4) is 0 Å². The molecule has 1 heterocycles. The SMILES string of the molecule is CCCNCCS(=O)(=O)N1CCC[C@H]2CCCC[C@H]21. The first-order valence-corrected chi connectivity index (χ1v) is 9.46. The van der Waals surface area contributed by atoms with E-state index in [0.29, 0.717) is 18.5 Å². The second-order valence-electron chi connectivity index (χ2n) is 5.93. The molecule has 112 valence electrons. The number of nitrogens with zero attached hydrogens (tertiary/aromatic N) is 1. The van der Waals surface area contributed by atoms with E-state index in [1.807, 2.05) is 4.31 Å². The lowest BCUT2D eigenvalue weighted by atomic mass is 9.79. The molecule has 0 amide bonds. The quantitative estimate of drug-likeness (QED) is 0.760. The maximum absolute atomic E-state index is 12.5. The molecule has 2 fully saturated rings. The summed E-state index contributed by atoms with van der Waals surface area (Å²) in [7, 11) is -3.06. The van der Waals surface area contributed by atoms with E-state index in [1.165, 1.54) is 25.7 Å². The number of piperidine rings is 1. The highest BCUT2D eigenvalue weighted by atomic mass is 32.2. The maximum atomic E-state index is 12.5. The Morgan fingerprint density at radius 2 is 1.84 bits per heavy atom. The van der Waals surface area contributed by atoms with Gasteiger partial charge in [0.15, 0.2) is 0 Å². The summed E-state index contributed by atoms with van der Waals surface area (Å²) in [6.45, 7) is 4.33. The van der Waals surface area contributed by atoms with Gasteiger partial charge in [-0.15, -0.1) is 0 Å². The molecule has 0 spiro atoms. The topological polar surface area (TPSA) is 49.4 Å². The molecule has 0 aromatic carbocycles. The van der Waals surface area contributed by atoms with Crippen LogP contribution in [0.15, 0.2) is 0 Å². The van der Waals surface area contributed by atoms with Crippen molar-refractivity contribution in [3.05, 3.63) is 0 Å². The average Bonchev–Trinajstić information content (AvgIpc) is 2.43. The van der Waals surface area contributed by atoms with Crippen molar-refractivity contribution in [3.8, 4) is 0 Å². The fourth-order valence-electron chi connectivity index (χ4n) is 3.54. The van der Waals surface area contributed by atoms with E-state index >= 15 is 0 Å². The number of nitrogens with one attached hydrogen (secondary N) is 1. The largest absolute Gasteiger partial charge is 0.316 e. The molecule has 1 saturated heterocycles. The molecule has 0 unspecified atom stereocenters. The second-order valence-corrected chi connectivity index (χ2v) is 7.97. The summed E-state index contributed by atoms with van der Waals surface area (Å²) in [5.41, 5.74) is 0. The summed E-state index contributed by atoms with van der Waals surface area (Å²) in [4.78, 5) is 0. The molecule has 1 saturated carbocycles. The van der Waals surface area contributed by atoms with Crippen molar-refractivity contribution >= 4 is 10.0 Å². The maximum Gasteiger partial charge on any atom is 0.215 e. The summed E-state index contributed by atoms with van der Waals surface area (Å²) in [6.07, 6.45) is 8.10. The number of fused-ring (bicyclic) bond motifs is 1. The lowest BCUT2D eigenvalue weighted by molar-refractivity contribution is 0.129. The lowest BCUT2D eigenvalue weighted by Crippen LogP contribution is -2.51. The van der Waals surface area contributed by atoms with Crippen LogP contribution in [-0.2, 0) is 10.0 Å². The molecule has 2 rings (SSSR count). The third-order valence-electron chi connectivity index (χ3n) is 4.51. The predicted molar refractivity (Wildman–Crippen MR) is 78.6 cm³/mol. The molecule has 5 heteroatoms. The zero-order valence-corrected chi connectivity index (χ0v) is 12.9. The minimum atomic E-state index is -3.06. The van der Waals surface area contributed by atoms with Crippen LogP contribution >= 0.6 is 0 Å². The van der Waals surface area contributed by atoms with Crippen LogP contribution in [0.1, 0.15) is 51.9 Å². The van der Waals surface area contributed by atoms with Crippen LogP contribution < -0.4 is 5.32 Å². The van der Waals surface area contributed by atoms with Crippen molar-refractivity contribution in [2.45, 2.75) is 57.9 Å². The van der Waals surface area contributed by atoms with Gasteiger partial charge in [-0.3, -0.25) is 0 Å². The van der Waals surface area contributed by atoms with Crippen LogP contribution in [0.4, 0.5) is 0 Å². The minimum Gasteiger partial charge on any atom is -0.316 e. The Kier molecular flexibility index (Phi) is 5.66. The standard InChI is InChI=1S/C14H28N2O2S/c1-2-9-15-10-12-19(17,18)16-11-5-7-13-6-3-4-8-14(13)16/h13-15H,2-12H2,1H3/t13-,14-/m1/s1. The molecule has 0 aromatic rings. The summed E-state index contributed by atoms with van der Waals surface area (Å²) in [5, 5.41) is 3.20.